The highest BCUT2D eigenvalue weighted by molar-refractivity contribution is 9.10. The monoisotopic (exact) mass is 357 g/mol. The number of rotatable bonds is 5. The minimum Gasteiger partial charge on any atom is -0.478 e. The normalized spacial score (nSPS) is 9.86. The molecule has 0 aromatic heterocycles. The van der Waals surface area contributed by atoms with Gasteiger partial charge in [-0.15, -0.1) is 0 Å². The van der Waals surface area contributed by atoms with E-state index in [0.29, 0.717) is 10.2 Å². The average molecular weight is 358 g/mol. The molecule has 7 nitrogen and oxygen atoms in total. The maximum Gasteiger partial charge on any atom is 0.335 e. The highest BCUT2D eigenvalue weighted by atomic mass is 79.9. The quantitative estimate of drug-likeness (QED) is 0.747. The van der Waals surface area contributed by atoms with Crippen LogP contribution in [0.3, 0.4) is 0 Å². The molecule has 0 heterocycles. The molecule has 0 aliphatic carbocycles. The Morgan fingerprint density at radius 3 is 2.52 bits per heavy atom. The molecule has 3 amide bonds. The molecule has 0 saturated carbocycles. The van der Waals surface area contributed by atoms with Crippen LogP contribution in [0.5, 0.6) is 0 Å². The summed E-state index contributed by atoms with van der Waals surface area (Å²) >= 11 is 3.19. The Hall–Kier alpha value is -2.09. The number of urea groups is 1. The van der Waals surface area contributed by atoms with Crippen molar-refractivity contribution in [2.45, 2.75) is 6.42 Å². The fraction of sp³-hybridized carbons (Fsp3) is 0.308. The molecule has 0 spiro atoms. The molecule has 0 aliphatic heterocycles. The number of amides is 3. The predicted molar refractivity (Wildman–Crippen MR) is 81.4 cm³/mol. The van der Waals surface area contributed by atoms with Crippen LogP contribution in [-0.2, 0) is 4.79 Å². The van der Waals surface area contributed by atoms with Gasteiger partial charge < -0.3 is 20.6 Å². The van der Waals surface area contributed by atoms with E-state index in [1.165, 1.54) is 24.1 Å². The third kappa shape index (κ3) is 5.42. The maximum atomic E-state index is 11.9. The number of hydrogen-bond acceptors (Lipinski definition) is 3. The number of aromatic carboxylic acids is 1. The number of carboxylic acid groups (broad SMARTS) is 1. The number of nitrogens with zero attached hydrogens (tertiary/aromatic N) is 1. The number of halogens is 1. The Labute approximate surface area is 130 Å². The molecule has 0 fully saturated rings. The number of carbonyl (C=O) groups is 3. The van der Waals surface area contributed by atoms with E-state index in [4.69, 9.17) is 5.11 Å². The Morgan fingerprint density at radius 2 is 1.95 bits per heavy atom. The van der Waals surface area contributed by atoms with Crippen molar-refractivity contribution in [1.29, 1.82) is 0 Å². The topological polar surface area (TPSA) is 98.7 Å². The second kappa shape index (κ2) is 7.63. The summed E-state index contributed by atoms with van der Waals surface area (Å²) in [6.45, 7) is 0.255. The fourth-order valence-electron chi connectivity index (χ4n) is 1.50. The van der Waals surface area contributed by atoms with Crippen LogP contribution in [0.15, 0.2) is 22.7 Å². The summed E-state index contributed by atoms with van der Waals surface area (Å²) in [5, 5.41) is 14.0. The molecule has 21 heavy (non-hydrogen) atoms. The van der Waals surface area contributed by atoms with Crippen molar-refractivity contribution in [3.63, 3.8) is 0 Å². The molecule has 0 saturated heterocycles. The summed E-state index contributed by atoms with van der Waals surface area (Å²) in [6.07, 6.45) is 0.194. The van der Waals surface area contributed by atoms with Crippen molar-refractivity contribution in [3.05, 3.63) is 28.2 Å². The molecule has 8 heteroatoms. The summed E-state index contributed by atoms with van der Waals surface area (Å²) in [4.78, 5) is 35.3. The average Bonchev–Trinajstić information content (AvgIpc) is 2.43. The molecular weight excluding hydrogens is 342 g/mol. The van der Waals surface area contributed by atoms with Gasteiger partial charge in [0.25, 0.3) is 0 Å². The number of nitrogens with one attached hydrogen (secondary N) is 2. The van der Waals surface area contributed by atoms with Crippen LogP contribution in [-0.4, -0.2) is 48.6 Å². The lowest BCUT2D eigenvalue weighted by atomic mass is 10.2. The Morgan fingerprint density at radius 1 is 1.29 bits per heavy atom. The Balaban J connectivity index is 2.70. The van der Waals surface area contributed by atoms with Crippen molar-refractivity contribution in [3.8, 4) is 0 Å². The Bertz CT molecular complexity index is 562. The van der Waals surface area contributed by atoms with Crippen molar-refractivity contribution in [2.24, 2.45) is 0 Å². The molecule has 0 radical (unpaired) electrons. The zero-order valence-electron chi connectivity index (χ0n) is 11.6. The van der Waals surface area contributed by atoms with E-state index < -0.39 is 12.0 Å². The van der Waals surface area contributed by atoms with Crippen LogP contribution in [0.2, 0.25) is 0 Å². The number of benzene rings is 1. The Kier molecular flexibility index (Phi) is 6.16. The minimum absolute atomic E-state index is 0.0627. The van der Waals surface area contributed by atoms with E-state index in [1.807, 2.05) is 0 Å². The van der Waals surface area contributed by atoms with Crippen LogP contribution < -0.4 is 10.6 Å². The molecule has 114 valence electrons. The van der Waals surface area contributed by atoms with Crippen molar-refractivity contribution >= 4 is 39.5 Å². The van der Waals surface area contributed by atoms with Crippen LogP contribution in [0.4, 0.5) is 10.5 Å². The highest BCUT2D eigenvalue weighted by Crippen LogP contribution is 2.20. The number of anilines is 1. The van der Waals surface area contributed by atoms with Crippen molar-refractivity contribution in [1.82, 2.24) is 10.2 Å². The lowest BCUT2D eigenvalue weighted by molar-refractivity contribution is -0.120. The molecule has 1 aromatic rings. The summed E-state index contributed by atoms with van der Waals surface area (Å²) in [7, 11) is 3.08. The third-order valence-corrected chi connectivity index (χ3v) is 3.15. The van der Waals surface area contributed by atoms with E-state index in [-0.39, 0.29) is 24.4 Å². The van der Waals surface area contributed by atoms with E-state index in [0.717, 1.165) is 0 Å². The van der Waals surface area contributed by atoms with E-state index in [2.05, 4.69) is 26.6 Å². The maximum absolute atomic E-state index is 11.9. The molecule has 0 unspecified atom stereocenters. The van der Waals surface area contributed by atoms with Crippen LogP contribution in [0.1, 0.15) is 16.8 Å². The van der Waals surface area contributed by atoms with E-state index >= 15 is 0 Å². The van der Waals surface area contributed by atoms with Crippen LogP contribution in [0, 0.1) is 0 Å². The van der Waals surface area contributed by atoms with Gasteiger partial charge in [-0.25, -0.2) is 9.59 Å². The molecule has 0 atom stereocenters. The smallest absolute Gasteiger partial charge is 0.335 e. The third-order valence-electron chi connectivity index (χ3n) is 2.70. The summed E-state index contributed by atoms with van der Waals surface area (Å²) in [6, 6.07) is 3.97. The molecule has 1 rings (SSSR count). The van der Waals surface area contributed by atoms with Gasteiger partial charge in [0, 0.05) is 37.2 Å². The minimum atomic E-state index is -1.08. The first-order chi connectivity index (χ1) is 9.83. The second-order valence-electron chi connectivity index (χ2n) is 4.31. The van der Waals surface area contributed by atoms with E-state index in [9.17, 15) is 14.4 Å². The number of carboxylic acids is 1. The largest absolute Gasteiger partial charge is 0.478 e. The van der Waals surface area contributed by atoms with Gasteiger partial charge in [0.15, 0.2) is 0 Å². The summed E-state index contributed by atoms with van der Waals surface area (Å²) in [5.74, 6) is -1.25. The predicted octanol–water partition coefficient (Wildman–Crippen LogP) is 1.75. The zero-order valence-corrected chi connectivity index (χ0v) is 13.2. The molecule has 0 aliphatic rings. The molecular formula is C13H16BrN3O4. The number of hydrogen-bond donors (Lipinski definition) is 3. The summed E-state index contributed by atoms with van der Waals surface area (Å²) in [5.41, 5.74) is 0.422. The fourth-order valence-corrected chi connectivity index (χ4v) is 1.99. The van der Waals surface area contributed by atoms with E-state index in [1.54, 1.807) is 13.1 Å². The van der Waals surface area contributed by atoms with Crippen LogP contribution in [0.25, 0.3) is 0 Å². The van der Waals surface area contributed by atoms with Gasteiger partial charge in [-0.05, 0) is 18.2 Å². The first-order valence-electron chi connectivity index (χ1n) is 6.10. The first-order valence-corrected chi connectivity index (χ1v) is 6.89. The molecule has 1 aromatic carbocycles. The standard InChI is InChI=1S/C13H16BrN3O4/c1-15-11(18)3-4-17(2)13(21)16-10-6-8(12(19)20)5-9(14)7-10/h5-7H,3-4H2,1-2H3,(H,15,18)(H,16,21)(H,19,20). The van der Waals surface area contributed by atoms with Crippen molar-refractivity contribution < 1.29 is 19.5 Å². The molecule has 0 bridgehead atoms. The number of carbonyl (C=O) groups excluding carboxylic acids is 2. The van der Waals surface area contributed by atoms with Gasteiger partial charge in [0.2, 0.25) is 5.91 Å². The van der Waals surface area contributed by atoms with Gasteiger partial charge in [0.05, 0.1) is 5.56 Å². The van der Waals surface area contributed by atoms with Gasteiger partial charge in [-0.3, -0.25) is 4.79 Å². The lowest BCUT2D eigenvalue weighted by Crippen LogP contribution is -2.34. The lowest BCUT2D eigenvalue weighted by Gasteiger charge is -2.17. The SMILES string of the molecule is CNC(=O)CCN(C)C(=O)Nc1cc(Br)cc(C(=O)O)c1. The van der Waals surface area contributed by atoms with Gasteiger partial charge >= 0.3 is 12.0 Å². The first kappa shape index (κ1) is 17.0. The molecule has 3 N–H and O–H groups in total. The zero-order chi connectivity index (χ0) is 16.0. The van der Waals surface area contributed by atoms with Crippen molar-refractivity contribution in [2.75, 3.05) is 26.0 Å². The highest BCUT2D eigenvalue weighted by Gasteiger charge is 2.12. The van der Waals surface area contributed by atoms with Gasteiger partial charge in [-0.2, -0.15) is 0 Å². The summed E-state index contributed by atoms with van der Waals surface area (Å²) < 4.78 is 0.547. The second-order valence-corrected chi connectivity index (χ2v) is 5.22. The van der Waals surface area contributed by atoms with Gasteiger partial charge in [0.1, 0.15) is 0 Å². The van der Waals surface area contributed by atoms with Crippen LogP contribution >= 0.6 is 15.9 Å². The van der Waals surface area contributed by atoms with Gasteiger partial charge in [-0.1, -0.05) is 15.9 Å².